The monoisotopic (exact) mass is 183 g/mol. The fourth-order valence-corrected chi connectivity index (χ4v) is 0.940. The number of carbonyl (C=O) groups is 1. The van der Waals surface area contributed by atoms with Crippen LogP contribution in [0.3, 0.4) is 0 Å². The third-order valence-corrected chi connectivity index (χ3v) is 1.48. The smallest absolute Gasteiger partial charge is 0.264 e. The van der Waals surface area contributed by atoms with Crippen molar-refractivity contribution in [1.29, 1.82) is 0 Å². The molecule has 2 N–H and O–H groups in total. The molecular formula is C9H12FN2O+. The summed E-state index contributed by atoms with van der Waals surface area (Å²) >= 11 is 0. The zero-order valence-electron chi connectivity index (χ0n) is 7.60. The van der Waals surface area contributed by atoms with Gasteiger partial charge in [-0.05, 0) is 12.1 Å². The Morgan fingerprint density at radius 3 is 2.54 bits per heavy atom. The maximum Gasteiger partial charge on any atom is 0.298 e. The predicted molar refractivity (Wildman–Crippen MR) is 46.7 cm³/mol. The maximum absolute atomic E-state index is 13.0. The van der Waals surface area contributed by atoms with Crippen molar-refractivity contribution in [3.8, 4) is 0 Å². The number of nitrogens with one attached hydrogen (secondary N) is 2. The van der Waals surface area contributed by atoms with Crippen molar-refractivity contribution >= 4 is 5.91 Å². The molecule has 0 aliphatic carbocycles. The second-order valence-electron chi connectivity index (χ2n) is 2.93. The molecule has 0 atom stereocenters. The van der Waals surface area contributed by atoms with Gasteiger partial charge in [0.05, 0.1) is 19.7 Å². The van der Waals surface area contributed by atoms with Crippen LogP contribution in [0.25, 0.3) is 0 Å². The molecule has 0 heterocycles. The van der Waals surface area contributed by atoms with Gasteiger partial charge in [0.1, 0.15) is 5.82 Å². The van der Waals surface area contributed by atoms with Gasteiger partial charge in [-0.15, -0.1) is 0 Å². The van der Waals surface area contributed by atoms with Crippen molar-refractivity contribution < 1.29 is 14.2 Å². The van der Waals surface area contributed by atoms with Crippen LogP contribution in [-0.2, 0) is 0 Å². The van der Waals surface area contributed by atoms with E-state index in [-0.39, 0.29) is 5.56 Å². The lowest BCUT2D eigenvalue weighted by Gasteiger charge is -2.08. The molecule has 0 fully saturated rings. The van der Waals surface area contributed by atoms with Gasteiger partial charge in [0.25, 0.3) is 5.91 Å². The summed E-state index contributed by atoms with van der Waals surface area (Å²) in [6.07, 6.45) is 0. The molecule has 1 rings (SSSR count). The standard InChI is InChI=1S/C9H11FN2O/c1-12(2)11-9(13)7-5-3-4-6-8(7)10/h3-6H,1-2H3,(H,11,13)/p+1. The number of halogens is 1. The van der Waals surface area contributed by atoms with Gasteiger partial charge in [-0.2, -0.15) is 5.43 Å². The Morgan fingerprint density at radius 1 is 1.38 bits per heavy atom. The highest BCUT2D eigenvalue weighted by atomic mass is 19.1. The normalized spacial score (nSPS) is 10.2. The molecule has 0 aliphatic rings. The third-order valence-electron chi connectivity index (χ3n) is 1.48. The molecule has 1 aromatic rings. The molecule has 0 spiro atoms. The van der Waals surface area contributed by atoms with Gasteiger partial charge < -0.3 is 0 Å². The van der Waals surface area contributed by atoms with Crippen molar-refractivity contribution in [3.05, 3.63) is 35.6 Å². The summed E-state index contributed by atoms with van der Waals surface area (Å²) in [5, 5.41) is 0.744. The Hall–Kier alpha value is -1.42. The molecule has 0 saturated heterocycles. The molecule has 3 nitrogen and oxygen atoms in total. The van der Waals surface area contributed by atoms with Crippen molar-refractivity contribution in [2.45, 2.75) is 0 Å². The van der Waals surface area contributed by atoms with Gasteiger partial charge in [-0.25, -0.2) is 9.40 Å². The average Bonchev–Trinajstić information content (AvgIpc) is 2.03. The van der Waals surface area contributed by atoms with E-state index < -0.39 is 11.7 Å². The van der Waals surface area contributed by atoms with Crippen LogP contribution in [0.1, 0.15) is 10.4 Å². The largest absolute Gasteiger partial charge is 0.298 e. The third kappa shape index (κ3) is 2.52. The number of quaternary nitrogens is 1. The van der Waals surface area contributed by atoms with Gasteiger partial charge in [-0.3, -0.25) is 4.79 Å². The highest BCUT2D eigenvalue weighted by Crippen LogP contribution is 2.04. The van der Waals surface area contributed by atoms with Crippen LogP contribution in [0, 0.1) is 5.82 Å². The van der Waals surface area contributed by atoms with E-state index in [1.165, 1.54) is 12.1 Å². The van der Waals surface area contributed by atoms with Gasteiger partial charge >= 0.3 is 0 Å². The Bertz CT molecular complexity index is 312. The molecule has 13 heavy (non-hydrogen) atoms. The molecule has 0 aromatic heterocycles. The fourth-order valence-electron chi connectivity index (χ4n) is 0.940. The lowest BCUT2D eigenvalue weighted by atomic mass is 10.2. The Labute approximate surface area is 76.1 Å². The first kappa shape index (κ1) is 9.67. The molecule has 1 amide bonds. The van der Waals surface area contributed by atoms with Crippen molar-refractivity contribution in [2.75, 3.05) is 14.1 Å². The average molecular weight is 183 g/mol. The minimum Gasteiger partial charge on any atom is -0.264 e. The highest BCUT2D eigenvalue weighted by molar-refractivity contribution is 5.93. The maximum atomic E-state index is 13.0. The summed E-state index contributed by atoms with van der Waals surface area (Å²) in [5.74, 6) is -0.903. The first-order valence-electron chi connectivity index (χ1n) is 3.97. The predicted octanol–water partition coefficient (Wildman–Crippen LogP) is -0.385. The molecule has 0 unspecified atom stereocenters. The molecular weight excluding hydrogens is 171 g/mol. The van der Waals surface area contributed by atoms with E-state index in [1.54, 1.807) is 26.2 Å². The summed E-state index contributed by atoms with van der Waals surface area (Å²) in [6.45, 7) is 0. The number of benzene rings is 1. The molecule has 1 aromatic carbocycles. The number of carbonyl (C=O) groups excluding carboxylic acids is 1. The Kier molecular flexibility index (Phi) is 2.97. The van der Waals surface area contributed by atoms with E-state index in [0.717, 1.165) is 5.01 Å². The first-order valence-corrected chi connectivity index (χ1v) is 3.97. The fraction of sp³-hybridized carbons (Fsp3) is 0.222. The minimum absolute atomic E-state index is 0.0729. The summed E-state index contributed by atoms with van der Waals surface area (Å²) < 4.78 is 13.0. The SMILES string of the molecule is C[NH+](C)NC(=O)c1ccccc1F. The quantitative estimate of drug-likeness (QED) is 0.602. The lowest BCUT2D eigenvalue weighted by molar-refractivity contribution is -0.895. The van der Waals surface area contributed by atoms with Gasteiger partial charge in [0, 0.05) is 0 Å². The zero-order valence-corrected chi connectivity index (χ0v) is 7.60. The van der Waals surface area contributed by atoms with Crippen molar-refractivity contribution in [1.82, 2.24) is 5.43 Å². The Morgan fingerprint density at radius 2 is 2.00 bits per heavy atom. The lowest BCUT2D eigenvalue weighted by Crippen LogP contribution is -3.13. The van der Waals surface area contributed by atoms with Crippen LogP contribution in [0.5, 0.6) is 0 Å². The van der Waals surface area contributed by atoms with Crippen molar-refractivity contribution in [3.63, 3.8) is 0 Å². The summed E-state index contributed by atoms with van der Waals surface area (Å²) in [7, 11) is 3.50. The first-order chi connectivity index (χ1) is 6.11. The van der Waals surface area contributed by atoms with E-state index >= 15 is 0 Å². The molecule has 0 radical (unpaired) electrons. The second kappa shape index (κ2) is 4.00. The molecule has 4 heteroatoms. The molecule has 0 saturated carbocycles. The topological polar surface area (TPSA) is 33.5 Å². The molecule has 0 aliphatic heterocycles. The highest BCUT2D eigenvalue weighted by Gasteiger charge is 2.11. The zero-order chi connectivity index (χ0) is 9.84. The van der Waals surface area contributed by atoms with E-state index in [1.807, 2.05) is 0 Å². The van der Waals surface area contributed by atoms with Crippen LogP contribution >= 0.6 is 0 Å². The minimum atomic E-state index is -0.499. The van der Waals surface area contributed by atoms with Crippen LogP contribution in [0.15, 0.2) is 24.3 Å². The second-order valence-corrected chi connectivity index (χ2v) is 2.93. The van der Waals surface area contributed by atoms with E-state index in [9.17, 15) is 9.18 Å². The van der Waals surface area contributed by atoms with Crippen LogP contribution in [0.2, 0.25) is 0 Å². The number of hydrogen-bond acceptors (Lipinski definition) is 1. The van der Waals surface area contributed by atoms with Crippen LogP contribution in [-0.4, -0.2) is 20.0 Å². The van der Waals surface area contributed by atoms with E-state index in [0.29, 0.717) is 0 Å². The van der Waals surface area contributed by atoms with E-state index in [4.69, 9.17) is 0 Å². The number of rotatable bonds is 2. The van der Waals surface area contributed by atoms with Gasteiger partial charge in [-0.1, -0.05) is 12.1 Å². The number of hydrogen-bond donors (Lipinski definition) is 2. The molecule has 0 bridgehead atoms. The van der Waals surface area contributed by atoms with Gasteiger partial charge in [0.15, 0.2) is 0 Å². The van der Waals surface area contributed by atoms with Crippen LogP contribution < -0.4 is 10.4 Å². The molecule has 70 valence electrons. The van der Waals surface area contributed by atoms with Crippen LogP contribution in [0.4, 0.5) is 4.39 Å². The Balaban J connectivity index is 2.83. The number of amides is 1. The summed E-state index contributed by atoms with van der Waals surface area (Å²) in [4.78, 5) is 11.3. The van der Waals surface area contributed by atoms with E-state index in [2.05, 4.69) is 5.43 Å². The summed E-state index contributed by atoms with van der Waals surface area (Å²) in [5.41, 5.74) is 2.61. The van der Waals surface area contributed by atoms with Gasteiger partial charge in [0.2, 0.25) is 0 Å². The van der Waals surface area contributed by atoms with Crippen molar-refractivity contribution in [2.24, 2.45) is 0 Å². The summed E-state index contributed by atoms with van der Waals surface area (Å²) in [6, 6.07) is 5.89.